The Morgan fingerprint density at radius 3 is 2.63 bits per heavy atom. The number of ether oxygens (including phenoxy) is 1. The number of pyridine rings is 1. The van der Waals surface area contributed by atoms with E-state index in [4.69, 9.17) is 33.0 Å². The average molecular weight is 298 g/mol. The number of rotatable bonds is 3. The lowest BCUT2D eigenvalue weighted by Crippen LogP contribution is -2.00. The Labute approximate surface area is 119 Å². The van der Waals surface area contributed by atoms with Crippen molar-refractivity contribution in [1.29, 1.82) is 0 Å². The van der Waals surface area contributed by atoms with Crippen LogP contribution in [-0.2, 0) is 0 Å². The van der Waals surface area contributed by atoms with E-state index in [-0.39, 0.29) is 11.4 Å². The summed E-state index contributed by atoms with van der Waals surface area (Å²) < 4.78 is 5.47. The molecule has 0 amide bonds. The van der Waals surface area contributed by atoms with Crippen LogP contribution >= 0.6 is 23.2 Å². The molecule has 19 heavy (non-hydrogen) atoms. The van der Waals surface area contributed by atoms with Gasteiger partial charge in [0.2, 0.25) is 5.88 Å². The highest BCUT2D eigenvalue weighted by atomic mass is 35.5. The molecule has 1 heterocycles. The highest BCUT2D eigenvalue weighted by molar-refractivity contribution is 6.35. The van der Waals surface area contributed by atoms with Crippen molar-refractivity contribution in [2.24, 2.45) is 0 Å². The van der Waals surface area contributed by atoms with Crippen molar-refractivity contribution < 1.29 is 14.6 Å². The van der Waals surface area contributed by atoms with Crippen molar-refractivity contribution in [3.05, 3.63) is 51.6 Å². The van der Waals surface area contributed by atoms with E-state index in [0.717, 1.165) is 0 Å². The van der Waals surface area contributed by atoms with E-state index >= 15 is 0 Å². The first-order chi connectivity index (χ1) is 8.95. The van der Waals surface area contributed by atoms with E-state index < -0.39 is 5.97 Å². The van der Waals surface area contributed by atoms with Gasteiger partial charge in [-0.05, 0) is 31.2 Å². The van der Waals surface area contributed by atoms with E-state index in [0.29, 0.717) is 21.5 Å². The number of aromatic carboxylic acids is 1. The summed E-state index contributed by atoms with van der Waals surface area (Å²) in [6, 6.07) is 7.54. The maximum absolute atomic E-state index is 10.9. The largest absolute Gasteiger partial charge is 0.478 e. The lowest BCUT2D eigenvalue weighted by Gasteiger charge is -2.08. The van der Waals surface area contributed by atoms with Gasteiger partial charge in [0.1, 0.15) is 5.75 Å². The molecule has 4 nitrogen and oxygen atoms in total. The van der Waals surface area contributed by atoms with Crippen molar-refractivity contribution >= 4 is 29.2 Å². The molecule has 0 atom stereocenters. The van der Waals surface area contributed by atoms with E-state index in [9.17, 15) is 4.79 Å². The molecule has 0 unspecified atom stereocenters. The lowest BCUT2D eigenvalue weighted by atomic mass is 10.2. The lowest BCUT2D eigenvalue weighted by molar-refractivity contribution is 0.0696. The van der Waals surface area contributed by atoms with Crippen LogP contribution in [0.25, 0.3) is 0 Å². The third-order valence-electron chi connectivity index (χ3n) is 2.29. The maximum Gasteiger partial charge on any atom is 0.335 e. The zero-order chi connectivity index (χ0) is 14.0. The number of carboxylic acid groups (broad SMARTS) is 1. The molecule has 1 aromatic heterocycles. The standard InChI is InChI=1S/C13H9Cl2NO3/c1-7-4-8(13(17)18)5-12(16-7)19-11-3-2-9(14)6-10(11)15/h2-6H,1H3,(H,17,18). The van der Waals surface area contributed by atoms with Crippen LogP contribution in [-0.4, -0.2) is 16.1 Å². The van der Waals surface area contributed by atoms with Crippen LogP contribution in [0.15, 0.2) is 30.3 Å². The molecule has 0 spiro atoms. The second-order valence-electron chi connectivity index (χ2n) is 3.82. The van der Waals surface area contributed by atoms with E-state index in [1.54, 1.807) is 19.1 Å². The fourth-order valence-corrected chi connectivity index (χ4v) is 1.93. The van der Waals surface area contributed by atoms with Crippen LogP contribution in [0.4, 0.5) is 0 Å². The number of halogens is 2. The van der Waals surface area contributed by atoms with Crippen LogP contribution in [0.2, 0.25) is 10.0 Å². The van der Waals surface area contributed by atoms with Gasteiger partial charge in [-0.1, -0.05) is 23.2 Å². The highest BCUT2D eigenvalue weighted by Crippen LogP contribution is 2.31. The number of hydrogen-bond donors (Lipinski definition) is 1. The van der Waals surface area contributed by atoms with Crippen LogP contribution in [0, 0.1) is 6.92 Å². The summed E-state index contributed by atoms with van der Waals surface area (Å²) in [7, 11) is 0. The minimum absolute atomic E-state index is 0.104. The molecule has 6 heteroatoms. The van der Waals surface area contributed by atoms with Crippen molar-refractivity contribution in [2.45, 2.75) is 6.92 Å². The van der Waals surface area contributed by atoms with Crippen molar-refractivity contribution in [2.75, 3.05) is 0 Å². The van der Waals surface area contributed by atoms with Gasteiger partial charge in [0.25, 0.3) is 0 Å². The van der Waals surface area contributed by atoms with E-state index in [1.807, 2.05) is 0 Å². The van der Waals surface area contributed by atoms with Crippen LogP contribution < -0.4 is 4.74 Å². The second-order valence-corrected chi connectivity index (χ2v) is 4.66. The first-order valence-electron chi connectivity index (χ1n) is 5.30. The summed E-state index contributed by atoms with van der Waals surface area (Å²) in [5.74, 6) is -0.514. The fraction of sp³-hybridized carbons (Fsp3) is 0.0769. The monoisotopic (exact) mass is 297 g/mol. The molecule has 0 aliphatic rings. The minimum Gasteiger partial charge on any atom is -0.478 e. The van der Waals surface area contributed by atoms with Gasteiger partial charge in [-0.25, -0.2) is 9.78 Å². The summed E-state index contributed by atoms with van der Waals surface area (Å²) >= 11 is 11.7. The SMILES string of the molecule is Cc1cc(C(=O)O)cc(Oc2ccc(Cl)cc2Cl)n1. The summed E-state index contributed by atoms with van der Waals surface area (Å²) in [5, 5.41) is 9.78. The number of carbonyl (C=O) groups is 1. The van der Waals surface area contributed by atoms with Crippen molar-refractivity contribution in [1.82, 2.24) is 4.98 Å². The second kappa shape index (κ2) is 5.47. The predicted octanol–water partition coefficient (Wildman–Crippen LogP) is 4.19. The zero-order valence-corrected chi connectivity index (χ0v) is 11.4. The first kappa shape index (κ1) is 13.6. The molecule has 0 fully saturated rings. The van der Waals surface area contributed by atoms with Gasteiger partial charge in [0.05, 0.1) is 10.6 Å². The fourth-order valence-electron chi connectivity index (χ4n) is 1.48. The van der Waals surface area contributed by atoms with Gasteiger partial charge < -0.3 is 9.84 Å². The Balaban J connectivity index is 2.35. The molecule has 2 rings (SSSR count). The molecular formula is C13H9Cl2NO3. The normalized spacial score (nSPS) is 10.3. The number of carboxylic acids is 1. The van der Waals surface area contributed by atoms with Crippen molar-refractivity contribution in [3.63, 3.8) is 0 Å². The molecule has 1 aromatic carbocycles. The van der Waals surface area contributed by atoms with Gasteiger partial charge in [0.15, 0.2) is 0 Å². The van der Waals surface area contributed by atoms with E-state index in [2.05, 4.69) is 4.98 Å². The number of benzene rings is 1. The molecule has 0 saturated heterocycles. The van der Waals surface area contributed by atoms with Crippen LogP contribution in [0.3, 0.4) is 0 Å². The van der Waals surface area contributed by atoms with Crippen LogP contribution in [0.1, 0.15) is 16.1 Å². The third kappa shape index (κ3) is 3.36. The minimum atomic E-state index is -1.04. The topological polar surface area (TPSA) is 59.4 Å². The zero-order valence-electron chi connectivity index (χ0n) is 9.85. The van der Waals surface area contributed by atoms with Gasteiger partial charge in [-0.15, -0.1) is 0 Å². The summed E-state index contributed by atoms with van der Waals surface area (Å²) in [5.41, 5.74) is 0.646. The Kier molecular flexibility index (Phi) is 3.93. The molecule has 0 radical (unpaired) electrons. The van der Waals surface area contributed by atoms with Gasteiger partial charge in [-0.3, -0.25) is 0 Å². The smallest absolute Gasteiger partial charge is 0.335 e. The molecular weight excluding hydrogens is 289 g/mol. The van der Waals surface area contributed by atoms with Gasteiger partial charge in [0, 0.05) is 16.8 Å². The Bertz CT molecular complexity index is 644. The Morgan fingerprint density at radius 2 is 2.00 bits per heavy atom. The number of aromatic nitrogens is 1. The quantitative estimate of drug-likeness (QED) is 0.923. The number of aryl methyl sites for hydroxylation is 1. The molecule has 0 bridgehead atoms. The molecule has 0 aliphatic heterocycles. The molecule has 2 aromatic rings. The van der Waals surface area contributed by atoms with E-state index in [1.165, 1.54) is 18.2 Å². The van der Waals surface area contributed by atoms with Crippen molar-refractivity contribution in [3.8, 4) is 11.6 Å². The van der Waals surface area contributed by atoms with Gasteiger partial charge >= 0.3 is 5.97 Å². The predicted molar refractivity (Wildman–Crippen MR) is 72.5 cm³/mol. The Morgan fingerprint density at radius 1 is 1.26 bits per heavy atom. The van der Waals surface area contributed by atoms with Gasteiger partial charge in [-0.2, -0.15) is 0 Å². The summed E-state index contributed by atoms with van der Waals surface area (Å²) in [6.07, 6.45) is 0. The number of hydrogen-bond acceptors (Lipinski definition) is 3. The molecule has 98 valence electrons. The molecule has 0 aliphatic carbocycles. The summed E-state index contributed by atoms with van der Waals surface area (Å²) in [4.78, 5) is 15.0. The van der Waals surface area contributed by atoms with Crippen LogP contribution in [0.5, 0.6) is 11.6 Å². The summed E-state index contributed by atoms with van der Waals surface area (Å²) in [6.45, 7) is 1.68. The number of nitrogens with zero attached hydrogens (tertiary/aromatic N) is 1. The molecule has 0 saturated carbocycles. The highest BCUT2D eigenvalue weighted by Gasteiger charge is 2.10. The molecule has 1 N–H and O–H groups in total. The average Bonchev–Trinajstić information content (AvgIpc) is 2.32. The maximum atomic E-state index is 10.9. The first-order valence-corrected chi connectivity index (χ1v) is 6.06. The third-order valence-corrected chi connectivity index (χ3v) is 2.82. The Hall–Kier alpha value is -1.78.